The number of aliphatic carboxylic acids is 1. The first-order chi connectivity index (χ1) is 9.08. The minimum atomic E-state index is -0.812. The largest absolute Gasteiger partial charge is 0.481 e. The van der Waals surface area contributed by atoms with Gasteiger partial charge in [0.2, 0.25) is 0 Å². The molecule has 3 rings (SSSR count). The topological polar surface area (TPSA) is 80.4 Å². The maximum Gasteiger partial charge on any atom is 0.307 e. The Labute approximate surface area is 109 Å². The number of non-ortho nitro benzene ring substituents is 1. The van der Waals surface area contributed by atoms with Crippen molar-refractivity contribution in [2.75, 3.05) is 0 Å². The molecule has 5 heteroatoms. The number of allylic oxidation sites excluding steroid dienone is 2. The van der Waals surface area contributed by atoms with E-state index in [1.54, 1.807) is 12.1 Å². The summed E-state index contributed by atoms with van der Waals surface area (Å²) in [5.41, 5.74) is 0.784. The second kappa shape index (κ2) is 4.19. The van der Waals surface area contributed by atoms with Crippen molar-refractivity contribution in [3.8, 4) is 0 Å². The Bertz CT molecular complexity index is 581. The van der Waals surface area contributed by atoms with Gasteiger partial charge < -0.3 is 5.11 Å². The summed E-state index contributed by atoms with van der Waals surface area (Å²) in [6, 6.07) is 6.36. The highest BCUT2D eigenvalue weighted by molar-refractivity contribution is 5.73. The minimum Gasteiger partial charge on any atom is -0.481 e. The van der Waals surface area contributed by atoms with Gasteiger partial charge in [0, 0.05) is 18.1 Å². The number of rotatable bonds is 3. The summed E-state index contributed by atoms with van der Waals surface area (Å²) >= 11 is 0. The number of nitro groups is 1. The van der Waals surface area contributed by atoms with Crippen molar-refractivity contribution in [1.29, 1.82) is 0 Å². The Morgan fingerprint density at radius 1 is 1.32 bits per heavy atom. The summed E-state index contributed by atoms with van der Waals surface area (Å²) in [4.78, 5) is 21.8. The van der Waals surface area contributed by atoms with Gasteiger partial charge in [-0.3, -0.25) is 14.9 Å². The standard InChI is InChI=1S/C14H13NO4/c16-14(17)13-10-5-4-9(6-10)12(13)8-2-1-3-11(7-8)15(18)19/h1-5,7,9-10,12-13H,6H2,(H,16,17)/t9-,10-,12+,13-/m0/s1. The molecular formula is C14H13NO4. The van der Waals surface area contributed by atoms with E-state index in [1.165, 1.54) is 12.1 Å². The first kappa shape index (κ1) is 11.9. The van der Waals surface area contributed by atoms with Crippen LogP contribution in [0.4, 0.5) is 5.69 Å². The first-order valence-electron chi connectivity index (χ1n) is 6.23. The van der Waals surface area contributed by atoms with E-state index in [4.69, 9.17) is 0 Å². The van der Waals surface area contributed by atoms with Gasteiger partial charge in [0.1, 0.15) is 0 Å². The van der Waals surface area contributed by atoms with Gasteiger partial charge in [-0.15, -0.1) is 0 Å². The fourth-order valence-corrected chi connectivity index (χ4v) is 3.46. The summed E-state index contributed by atoms with van der Waals surface area (Å²) in [6.07, 6.45) is 4.86. The Morgan fingerprint density at radius 3 is 2.74 bits per heavy atom. The molecule has 1 aromatic carbocycles. The second-order valence-electron chi connectivity index (χ2n) is 5.19. The van der Waals surface area contributed by atoms with Gasteiger partial charge in [-0.2, -0.15) is 0 Å². The zero-order valence-corrected chi connectivity index (χ0v) is 10.1. The van der Waals surface area contributed by atoms with Crippen molar-refractivity contribution < 1.29 is 14.8 Å². The Kier molecular flexibility index (Phi) is 2.62. The summed E-state index contributed by atoms with van der Waals surface area (Å²) < 4.78 is 0. The van der Waals surface area contributed by atoms with Crippen LogP contribution in [0.1, 0.15) is 17.9 Å². The van der Waals surface area contributed by atoms with Crippen molar-refractivity contribution in [1.82, 2.24) is 0 Å². The summed E-state index contributed by atoms with van der Waals surface area (Å²) in [6.45, 7) is 0. The van der Waals surface area contributed by atoms with Crippen LogP contribution in [0.15, 0.2) is 36.4 Å². The third-order valence-electron chi connectivity index (χ3n) is 4.21. The number of carboxylic acid groups (broad SMARTS) is 1. The second-order valence-corrected chi connectivity index (χ2v) is 5.19. The molecule has 2 bridgehead atoms. The lowest BCUT2D eigenvalue weighted by Gasteiger charge is -2.25. The van der Waals surface area contributed by atoms with E-state index in [2.05, 4.69) is 0 Å². The fourth-order valence-electron chi connectivity index (χ4n) is 3.46. The maximum atomic E-state index is 11.4. The molecule has 1 fully saturated rings. The number of carbonyl (C=O) groups is 1. The highest BCUT2D eigenvalue weighted by Crippen LogP contribution is 2.53. The molecule has 2 aliphatic carbocycles. The molecule has 0 spiro atoms. The molecule has 0 aromatic heterocycles. The zero-order valence-electron chi connectivity index (χ0n) is 10.1. The highest BCUT2D eigenvalue weighted by atomic mass is 16.6. The van der Waals surface area contributed by atoms with Crippen LogP contribution >= 0.6 is 0 Å². The van der Waals surface area contributed by atoms with E-state index >= 15 is 0 Å². The van der Waals surface area contributed by atoms with Crippen LogP contribution in [-0.2, 0) is 4.79 Å². The predicted octanol–water partition coefficient (Wildman–Crippen LogP) is 2.59. The molecule has 0 aliphatic heterocycles. The lowest BCUT2D eigenvalue weighted by atomic mass is 9.78. The number of benzene rings is 1. The number of hydrogen-bond acceptors (Lipinski definition) is 3. The van der Waals surface area contributed by atoms with E-state index in [9.17, 15) is 20.0 Å². The van der Waals surface area contributed by atoms with Crippen molar-refractivity contribution in [2.45, 2.75) is 12.3 Å². The average Bonchev–Trinajstić information content (AvgIpc) is 2.98. The molecule has 5 nitrogen and oxygen atoms in total. The molecule has 4 atom stereocenters. The number of fused-ring (bicyclic) bond motifs is 2. The fraction of sp³-hybridized carbons (Fsp3) is 0.357. The van der Waals surface area contributed by atoms with Crippen LogP contribution in [-0.4, -0.2) is 16.0 Å². The van der Waals surface area contributed by atoms with E-state index in [0.29, 0.717) is 0 Å². The molecule has 1 N–H and O–H groups in total. The molecule has 0 unspecified atom stereocenters. The molecule has 2 aliphatic rings. The number of nitrogens with zero attached hydrogens (tertiary/aromatic N) is 1. The molecule has 0 saturated heterocycles. The number of nitro benzene ring substituents is 1. The van der Waals surface area contributed by atoms with Crippen LogP contribution in [0.25, 0.3) is 0 Å². The lowest BCUT2D eigenvalue weighted by Crippen LogP contribution is -2.25. The van der Waals surface area contributed by atoms with Gasteiger partial charge in [0.05, 0.1) is 10.8 Å². The lowest BCUT2D eigenvalue weighted by molar-refractivity contribution is -0.384. The Morgan fingerprint density at radius 2 is 2.05 bits per heavy atom. The quantitative estimate of drug-likeness (QED) is 0.514. The Balaban J connectivity index is 2.01. The Hall–Kier alpha value is -2.17. The van der Waals surface area contributed by atoms with Crippen molar-refractivity contribution >= 4 is 11.7 Å². The van der Waals surface area contributed by atoms with Gasteiger partial charge in [0.25, 0.3) is 5.69 Å². The average molecular weight is 259 g/mol. The van der Waals surface area contributed by atoms with Crippen LogP contribution in [0.3, 0.4) is 0 Å². The van der Waals surface area contributed by atoms with Crippen LogP contribution in [0.5, 0.6) is 0 Å². The number of carboxylic acids is 1. The maximum absolute atomic E-state index is 11.4. The van der Waals surface area contributed by atoms with E-state index in [1.807, 2.05) is 12.2 Å². The molecule has 0 heterocycles. The highest BCUT2D eigenvalue weighted by Gasteiger charge is 2.49. The molecule has 19 heavy (non-hydrogen) atoms. The van der Waals surface area contributed by atoms with E-state index in [0.717, 1.165) is 12.0 Å². The monoisotopic (exact) mass is 259 g/mol. The van der Waals surface area contributed by atoms with Crippen molar-refractivity contribution in [3.63, 3.8) is 0 Å². The van der Waals surface area contributed by atoms with Gasteiger partial charge in [-0.05, 0) is 23.8 Å². The summed E-state index contributed by atoms with van der Waals surface area (Å²) in [7, 11) is 0. The van der Waals surface area contributed by atoms with Gasteiger partial charge in [0.15, 0.2) is 0 Å². The van der Waals surface area contributed by atoms with Crippen LogP contribution in [0, 0.1) is 27.9 Å². The molecule has 1 aromatic rings. The third kappa shape index (κ3) is 1.82. The molecule has 0 amide bonds. The zero-order chi connectivity index (χ0) is 13.6. The smallest absolute Gasteiger partial charge is 0.307 e. The van der Waals surface area contributed by atoms with E-state index < -0.39 is 16.8 Å². The molecule has 98 valence electrons. The first-order valence-corrected chi connectivity index (χ1v) is 6.23. The minimum absolute atomic E-state index is 0.0217. The molecule has 0 radical (unpaired) electrons. The van der Waals surface area contributed by atoms with Crippen LogP contribution in [0.2, 0.25) is 0 Å². The van der Waals surface area contributed by atoms with Gasteiger partial charge in [-0.1, -0.05) is 24.3 Å². The van der Waals surface area contributed by atoms with Crippen LogP contribution < -0.4 is 0 Å². The van der Waals surface area contributed by atoms with E-state index in [-0.39, 0.29) is 23.4 Å². The summed E-state index contributed by atoms with van der Waals surface area (Å²) in [5, 5.41) is 20.2. The third-order valence-corrected chi connectivity index (χ3v) is 4.21. The van der Waals surface area contributed by atoms with Gasteiger partial charge >= 0.3 is 5.97 Å². The van der Waals surface area contributed by atoms with Crippen molar-refractivity contribution in [2.24, 2.45) is 17.8 Å². The molecular weight excluding hydrogens is 246 g/mol. The normalized spacial score (nSPS) is 31.6. The summed E-state index contributed by atoms with van der Waals surface area (Å²) in [5.74, 6) is -1.17. The van der Waals surface area contributed by atoms with Crippen molar-refractivity contribution in [3.05, 3.63) is 52.1 Å². The molecule has 1 saturated carbocycles. The predicted molar refractivity (Wildman–Crippen MR) is 67.7 cm³/mol. The number of hydrogen-bond donors (Lipinski definition) is 1. The SMILES string of the molecule is O=C(O)[C@@H]1[C@H](c2cccc([N+](=O)[O-])c2)[C@H]2C=C[C@H]1C2. The van der Waals surface area contributed by atoms with Gasteiger partial charge in [-0.25, -0.2) is 0 Å².